The number of aromatic nitrogens is 1. The van der Waals surface area contributed by atoms with Gasteiger partial charge in [-0.15, -0.1) is 11.3 Å². The monoisotopic (exact) mass is 423 g/mol. The zero-order valence-corrected chi connectivity index (χ0v) is 17.1. The van der Waals surface area contributed by atoms with Crippen LogP contribution in [0.25, 0.3) is 5.69 Å². The topological polar surface area (TPSA) is 72.8 Å². The summed E-state index contributed by atoms with van der Waals surface area (Å²) in [6.45, 7) is 1.34. The average molecular weight is 423 g/mol. The molecular weight excluding hydrogens is 402 g/mol. The quantitative estimate of drug-likeness (QED) is 0.694. The molecule has 3 aromatic rings. The molecule has 0 aliphatic carbocycles. The summed E-state index contributed by atoms with van der Waals surface area (Å²) in [4.78, 5) is 28.3. The van der Waals surface area contributed by atoms with Gasteiger partial charge in [0.25, 0.3) is 5.91 Å². The van der Waals surface area contributed by atoms with Crippen LogP contribution < -0.4 is 14.8 Å². The molecule has 1 aromatic carbocycles. The van der Waals surface area contributed by atoms with E-state index >= 15 is 0 Å². The summed E-state index contributed by atoms with van der Waals surface area (Å²) in [6.07, 6.45) is 5.16. The molecule has 2 aliphatic heterocycles. The van der Waals surface area contributed by atoms with Crippen molar-refractivity contribution in [2.45, 2.75) is 12.8 Å². The van der Waals surface area contributed by atoms with Crippen LogP contribution in [0.3, 0.4) is 0 Å². The van der Waals surface area contributed by atoms with E-state index < -0.39 is 0 Å². The van der Waals surface area contributed by atoms with Crippen LogP contribution >= 0.6 is 11.3 Å². The Morgan fingerprint density at radius 2 is 1.80 bits per heavy atom. The molecule has 154 valence electrons. The van der Waals surface area contributed by atoms with Crippen molar-refractivity contribution in [3.05, 3.63) is 59.0 Å². The van der Waals surface area contributed by atoms with E-state index in [0.29, 0.717) is 43.1 Å². The first-order chi connectivity index (χ1) is 14.7. The first-order valence-electron chi connectivity index (χ1n) is 9.89. The van der Waals surface area contributed by atoms with Crippen LogP contribution in [-0.4, -0.2) is 41.2 Å². The summed E-state index contributed by atoms with van der Waals surface area (Å²) in [7, 11) is 0. The number of anilines is 1. The van der Waals surface area contributed by atoms with E-state index in [1.807, 2.05) is 51.5 Å². The number of nitrogens with zero attached hydrogens (tertiary/aromatic N) is 2. The highest BCUT2D eigenvalue weighted by molar-refractivity contribution is 7.12. The number of hydrogen-bond acceptors (Lipinski definition) is 5. The van der Waals surface area contributed by atoms with E-state index in [9.17, 15) is 9.59 Å². The Balaban J connectivity index is 1.20. The highest BCUT2D eigenvalue weighted by Crippen LogP contribution is 2.34. The Bertz CT molecular complexity index is 1070. The first-order valence-corrected chi connectivity index (χ1v) is 10.8. The van der Waals surface area contributed by atoms with Crippen molar-refractivity contribution in [3.8, 4) is 17.2 Å². The number of carbonyl (C=O) groups excluding carboxylic acids is 2. The molecule has 1 N–H and O–H groups in total. The van der Waals surface area contributed by atoms with Crippen LogP contribution in [0, 0.1) is 5.92 Å². The van der Waals surface area contributed by atoms with E-state index in [-0.39, 0.29) is 24.5 Å². The van der Waals surface area contributed by atoms with Crippen LogP contribution in [0.5, 0.6) is 11.5 Å². The number of fused-ring (bicyclic) bond motifs is 1. The minimum atomic E-state index is -0.119. The summed E-state index contributed by atoms with van der Waals surface area (Å²) in [5.74, 6) is 1.22. The number of likely N-dealkylation sites (tertiary alicyclic amines) is 1. The van der Waals surface area contributed by atoms with Crippen molar-refractivity contribution in [3.63, 3.8) is 0 Å². The SMILES string of the molecule is O=C(Nc1ccc2c(c1)OCO2)C1CCN(C(=O)c2sccc2-n2cccc2)CC1. The van der Waals surface area contributed by atoms with E-state index in [1.165, 1.54) is 11.3 Å². The van der Waals surface area contributed by atoms with Gasteiger partial charge in [-0.3, -0.25) is 9.59 Å². The normalized spacial score (nSPS) is 15.9. The molecule has 0 bridgehead atoms. The Kier molecular flexibility index (Phi) is 4.92. The predicted molar refractivity (Wildman–Crippen MR) is 113 cm³/mol. The van der Waals surface area contributed by atoms with E-state index in [0.717, 1.165) is 10.6 Å². The standard InChI is InChI=1S/C22H21N3O4S/c26-21(23-16-3-4-18-19(13-16)29-14-28-18)15-5-10-25(11-6-15)22(27)20-17(7-12-30-20)24-8-1-2-9-24/h1-4,7-9,12-13,15H,5-6,10-11,14H2,(H,23,26). The lowest BCUT2D eigenvalue weighted by Gasteiger charge is -2.31. The second kappa shape index (κ2) is 7.87. The molecule has 30 heavy (non-hydrogen) atoms. The lowest BCUT2D eigenvalue weighted by molar-refractivity contribution is -0.121. The zero-order chi connectivity index (χ0) is 20.5. The van der Waals surface area contributed by atoms with Crippen molar-refractivity contribution in [1.82, 2.24) is 9.47 Å². The third-order valence-corrected chi connectivity index (χ3v) is 6.41. The van der Waals surface area contributed by atoms with Crippen LogP contribution in [0.15, 0.2) is 54.2 Å². The molecule has 1 saturated heterocycles. The molecule has 8 heteroatoms. The second-order valence-corrected chi connectivity index (χ2v) is 8.27. The van der Waals surface area contributed by atoms with Gasteiger partial charge in [-0.2, -0.15) is 0 Å². The van der Waals surface area contributed by atoms with Crippen molar-refractivity contribution in [2.24, 2.45) is 5.92 Å². The molecule has 0 atom stereocenters. The number of nitrogens with one attached hydrogen (secondary N) is 1. The van der Waals surface area contributed by atoms with E-state index in [2.05, 4.69) is 5.32 Å². The highest BCUT2D eigenvalue weighted by Gasteiger charge is 2.29. The Hall–Kier alpha value is -3.26. The van der Waals surface area contributed by atoms with Crippen molar-refractivity contribution < 1.29 is 19.1 Å². The minimum Gasteiger partial charge on any atom is -0.454 e. The molecule has 2 amide bonds. The molecular formula is C22H21N3O4S. The number of ether oxygens (including phenoxy) is 2. The first kappa shape index (κ1) is 18.7. The van der Waals surface area contributed by atoms with Gasteiger partial charge in [0.2, 0.25) is 12.7 Å². The summed E-state index contributed by atoms with van der Waals surface area (Å²) in [5, 5.41) is 4.90. The molecule has 0 unspecified atom stereocenters. The number of hydrogen-bond donors (Lipinski definition) is 1. The number of amides is 2. The Morgan fingerprint density at radius 1 is 1.03 bits per heavy atom. The largest absolute Gasteiger partial charge is 0.454 e. The fourth-order valence-corrected chi connectivity index (χ4v) is 4.73. The van der Waals surface area contributed by atoms with Crippen molar-refractivity contribution >= 4 is 28.8 Å². The lowest BCUT2D eigenvalue weighted by atomic mass is 9.95. The van der Waals surface area contributed by atoms with Crippen LogP contribution in [0.1, 0.15) is 22.5 Å². The molecule has 2 aliphatic rings. The van der Waals surface area contributed by atoms with Gasteiger partial charge in [0.05, 0.1) is 5.69 Å². The number of carbonyl (C=O) groups is 2. The van der Waals surface area contributed by atoms with Gasteiger partial charge in [0.15, 0.2) is 11.5 Å². The molecule has 5 rings (SSSR count). The van der Waals surface area contributed by atoms with Gasteiger partial charge in [-0.25, -0.2) is 0 Å². The zero-order valence-electron chi connectivity index (χ0n) is 16.2. The molecule has 2 aromatic heterocycles. The summed E-state index contributed by atoms with van der Waals surface area (Å²) >= 11 is 1.45. The van der Waals surface area contributed by atoms with Crippen LogP contribution in [0.2, 0.25) is 0 Å². The van der Waals surface area contributed by atoms with Gasteiger partial charge in [-0.1, -0.05) is 0 Å². The average Bonchev–Trinajstić information content (AvgIpc) is 3.54. The van der Waals surface area contributed by atoms with Crippen LogP contribution in [-0.2, 0) is 4.79 Å². The van der Waals surface area contributed by atoms with Gasteiger partial charge in [0.1, 0.15) is 4.88 Å². The highest BCUT2D eigenvalue weighted by atomic mass is 32.1. The molecule has 1 fully saturated rings. The number of benzene rings is 1. The third kappa shape index (κ3) is 3.54. The Labute approximate surface area is 177 Å². The van der Waals surface area contributed by atoms with Gasteiger partial charge < -0.3 is 24.3 Å². The number of piperidine rings is 1. The van der Waals surface area contributed by atoms with Crippen LogP contribution in [0.4, 0.5) is 5.69 Å². The number of thiophene rings is 1. The maximum Gasteiger partial charge on any atom is 0.266 e. The molecule has 0 saturated carbocycles. The molecule has 4 heterocycles. The van der Waals surface area contributed by atoms with Gasteiger partial charge in [0, 0.05) is 43.2 Å². The maximum atomic E-state index is 13.0. The van der Waals surface area contributed by atoms with E-state index in [4.69, 9.17) is 9.47 Å². The summed E-state index contributed by atoms with van der Waals surface area (Å²) in [5.41, 5.74) is 1.59. The number of rotatable bonds is 4. The third-order valence-electron chi connectivity index (χ3n) is 5.51. The molecule has 7 nitrogen and oxygen atoms in total. The van der Waals surface area contributed by atoms with Crippen molar-refractivity contribution in [2.75, 3.05) is 25.2 Å². The summed E-state index contributed by atoms with van der Waals surface area (Å²) < 4.78 is 12.6. The molecule has 0 spiro atoms. The molecule has 0 radical (unpaired) electrons. The maximum absolute atomic E-state index is 13.0. The van der Waals surface area contributed by atoms with E-state index in [1.54, 1.807) is 12.1 Å². The summed E-state index contributed by atoms with van der Waals surface area (Å²) in [6, 6.07) is 11.2. The Morgan fingerprint density at radius 3 is 2.60 bits per heavy atom. The fraction of sp³-hybridized carbons (Fsp3) is 0.273. The van der Waals surface area contributed by atoms with Gasteiger partial charge in [-0.05, 0) is 48.6 Å². The minimum absolute atomic E-state index is 0.0230. The van der Waals surface area contributed by atoms with Gasteiger partial charge >= 0.3 is 0 Å². The smallest absolute Gasteiger partial charge is 0.266 e. The lowest BCUT2D eigenvalue weighted by Crippen LogP contribution is -2.41. The second-order valence-electron chi connectivity index (χ2n) is 7.35. The van der Waals surface area contributed by atoms with Crippen molar-refractivity contribution in [1.29, 1.82) is 0 Å². The predicted octanol–water partition coefficient (Wildman–Crippen LogP) is 3.76. The fourth-order valence-electron chi connectivity index (χ4n) is 3.87.